The van der Waals surface area contributed by atoms with Gasteiger partial charge in [0.1, 0.15) is 17.8 Å². The third-order valence-electron chi connectivity index (χ3n) is 7.26. The smallest absolute Gasteiger partial charge is 0.412 e. The van der Waals surface area contributed by atoms with Crippen molar-refractivity contribution in [3.63, 3.8) is 0 Å². The van der Waals surface area contributed by atoms with E-state index in [2.05, 4.69) is 20.5 Å². The van der Waals surface area contributed by atoms with Gasteiger partial charge in [0, 0.05) is 23.8 Å². The number of aromatic amines is 1. The largest absolute Gasteiger partial charge is 0.446 e. The molecule has 1 saturated carbocycles. The van der Waals surface area contributed by atoms with E-state index in [1.165, 1.54) is 12.5 Å². The molecule has 2 heterocycles. The van der Waals surface area contributed by atoms with Gasteiger partial charge in [0.25, 0.3) is 5.56 Å². The molecule has 7 nitrogen and oxygen atoms in total. The number of aliphatic imine (C=N–C) groups is 1. The van der Waals surface area contributed by atoms with E-state index >= 15 is 0 Å². The van der Waals surface area contributed by atoms with Crippen molar-refractivity contribution in [2.24, 2.45) is 4.99 Å². The minimum absolute atomic E-state index is 0.0284. The highest BCUT2D eigenvalue weighted by Gasteiger charge is 2.22. The summed E-state index contributed by atoms with van der Waals surface area (Å²) in [6, 6.07) is 17.9. The van der Waals surface area contributed by atoms with Crippen molar-refractivity contribution in [3.05, 3.63) is 93.7 Å². The van der Waals surface area contributed by atoms with Crippen molar-refractivity contribution in [2.45, 2.75) is 51.0 Å². The van der Waals surface area contributed by atoms with Crippen LogP contribution in [0.4, 0.5) is 14.9 Å². The number of H-pyrrole nitrogens is 1. The highest BCUT2D eigenvalue weighted by Crippen LogP contribution is 2.33. The number of hydrogen-bond donors (Lipinski definition) is 2. The van der Waals surface area contributed by atoms with E-state index in [1.54, 1.807) is 18.2 Å². The molecule has 1 amide bonds. The zero-order valence-corrected chi connectivity index (χ0v) is 20.8. The molecule has 0 atom stereocenters. The number of halogens is 1. The van der Waals surface area contributed by atoms with Gasteiger partial charge >= 0.3 is 6.09 Å². The van der Waals surface area contributed by atoms with Crippen LogP contribution < -0.4 is 10.9 Å². The maximum atomic E-state index is 15.0. The van der Waals surface area contributed by atoms with Gasteiger partial charge < -0.3 is 4.74 Å². The highest BCUT2D eigenvalue weighted by molar-refractivity contribution is 6.01. The van der Waals surface area contributed by atoms with Crippen molar-refractivity contribution >= 4 is 28.4 Å². The van der Waals surface area contributed by atoms with Gasteiger partial charge in [-0.3, -0.25) is 10.1 Å². The standard InChI is InChI=1S/C30H27FN4O3/c31-25-13-10-18(15-27-22-8-4-5-9-23(22)29(36)35-34-27)14-24(25)19-11-12-20-17-28(32-26(20)16-19)33-30(37)38-21-6-2-1-3-7-21/h4-5,8-14,16,21H,1-3,6-7,15,17H2,(H,35,36)(H,32,33,37). The van der Waals surface area contributed by atoms with E-state index in [9.17, 15) is 14.0 Å². The van der Waals surface area contributed by atoms with Crippen LogP contribution in [0.15, 0.2) is 70.5 Å². The molecule has 192 valence electrons. The van der Waals surface area contributed by atoms with Crippen LogP contribution >= 0.6 is 0 Å². The van der Waals surface area contributed by atoms with Crippen LogP contribution in [0.25, 0.3) is 21.9 Å². The highest BCUT2D eigenvalue weighted by atomic mass is 19.1. The molecule has 0 radical (unpaired) electrons. The number of alkyl carbamates (subject to hydrolysis) is 1. The summed E-state index contributed by atoms with van der Waals surface area (Å²) in [6.07, 6.45) is 5.60. The summed E-state index contributed by atoms with van der Waals surface area (Å²) in [4.78, 5) is 29.0. The lowest BCUT2D eigenvalue weighted by molar-refractivity contribution is 0.0790. The number of fused-ring (bicyclic) bond motifs is 2. The van der Waals surface area contributed by atoms with E-state index in [0.717, 1.165) is 42.2 Å². The Morgan fingerprint density at radius 2 is 1.84 bits per heavy atom. The van der Waals surface area contributed by atoms with Crippen LogP contribution in [-0.2, 0) is 17.6 Å². The van der Waals surface area contributed by atoms with Gasteiger partial charge in [-0.1, -0.05) is 42.8 Å². The van der Waals surface area contributed by atoms with Crippen LogP contribution in [0.3, 0.4) is 0 Å². The molecule has 0 unspecified atom stereocenters. The number of benzene rings is 3. The Morgan fingerprint density at radius 3 is 2.68 bits per heavy atom. The Bertz CT molecular complexity index is 1620. The van der Waals surface area contributed by atoms with Gasteiger partial charge in [0.15, 0.2) is 0 Å². The first-order valence-electron chi connectivity index (χ1n) is 13.0. The normalized spacial score (nSPS) is 15.2. The van der Waals surface area contributed by atoms with E-state index < -0.39 is 6.09 Å². The number of hydrogen-bond acceptors (Lipinski definition) is 5. The molecule has 1 aliphatic carbocycles. The predicted molar refractivity (Wildman–Crippen MR) is 144 cm³/mol. The number of carbonyl (C=O) groups is 1. The molecule has 6 rings (SSSR count). The Kier molecular flexibility index (Phi) is 6.45. The number of amidine groups is 1. The number of ether oxygens (including phenoxy) is 1. The quantitative estimate of drug-likeness (QED) is 0.354. The summed E-state index contributed by atoms with van der Waals surface area (Å²) in [7, 11) is 0. The van der Waals surface area contributed by atoms with Gasteiger partial charge in [0.05, 0.1) is 16.8 Å². The summed E-state index contributed by atoms with van der Waals surface area (Å²) in [6.45, 7) is 0. The van der Waals surface area contributed by atoms with Crippen molar-refractivity contribution < 1.29 is 13.9 Å². The van der Waals surface area contributed by atoms with E-state index in [-0.39, 0.29) is 17.5 Å². The molecule has 0 saturated heterocycles. The number of amides is 1. The third kappa shape index (κ3) is 4.94. The van der Waals surface area contributed by atoms with Crippen molar-refractivity contribution in [3.8, 4) is 11.1 Å². The molecule has 2 aliphatic rings. The van der Waals surface area contributed by atoms with Crippen molar-refractivity contribution in [1.29, 1.82) is 0 Å². The van der Waals surface area contributed by atoms with E-state index in [4.69, 9.17) is 4.74 Å². The van der Waals surface area contributed by atoms with Crippen molar-refractivity contribution in [2.75, 3.05) is 0 Å². The molecule has 8 heteroatoms. The van der Waals surface area contributed by atoms with Gasteiger partial charge in [-0.25, -0.2) is 19.3 Å². The summed E-state index contributed by atoms with van der Waals surface area (Å²) in [5.74, 6) is 0.188. The van der Waals surface area contributed by atoms with Crippen LogP contribution in [0.1, 0.15) is 48.9 Å². The summed E-state index contributed by atoms with van der Waals surface area (Å²) >= 11 is 0. The Labute approximate surface area is 218 Å². The second-order valence-corrected chi connectivity index (χ2v) is 9.91. The van der Waals surface area contributed by atoms with Gasteiger partial charge in [-0.15, -0.1) is 0 Å². The molecular weight excluding hydrogens is 483 g/mol. The first kappa shape index (κ1) is 24.0. The maximum absolute atomic E-state index is 15.0. The lowest BCUT2D eigenvalue weighted by Crippen LogP contribution is -2.34. The van der Waals surface area contributed by atoms with Crippen molar-refractivity contribution in [1.82, 2.24) is 15.5 Å². The average Bonchev–Trinajstić information content (AvgIpc) is 3.33. The Morgan fingerprint density at radius 1 is 1.03 bits per heavy atom. The lowest BCUT2D eigenvalue weighted by atomic mass is 9.97. The van der Waals surface area contributed by atoms with Gasteiger partial charge in [-0.2, -0.15) is 5.10 Å². The fourth-order valence-electron chi connectivity index (χ4n) is 5.31. The molecule has 3 aromatic carbocycles. The molecule has 0 spiro atoms. The SMILES string of the molecule is O=C(NC1=Nc2cc(-c3cc(Cc4n[nH]c(=O)c5ccccc45)ccc3F)ccc2C1)OC1CCCCC1. The molecule has 1 aliphatic heterocycles. The van der Waals surface area contributed by atoms with Crippen LogP contribution in [0.5, 0.6) is 0 Å². The Balaban J connectivity index is 1.22. The maximum Gasteiger partial charge on any atom is 0.412 e. The van der Waals surface area contributed by atoms with E-state index in [0.29, 0.717) is 46.6 Å². The average molecular weight is 511 g/mol. The minimum atomic E-state index is -0.467. The molecule has 1 aromatic heterocycles. The number of rotatable bonds is 4. The molecule has 4 aromatic rings. The number of nitrogens with one attached hydrogen (secondary N) is 2. The topological polar surface area (TPSA) is 96.4 Å². The molecule has 38 heavy (non-hydrogen) atoms. The zero-order valence-electron chi connectivity index (χ0n) is 20.8. The lowest BCUT2D eigenvalue weighted by Gasteiger charge is -2.21. The summed E-state index contributed by atoms with van der Waals surface area (Å²) < 4.78 is 20.5. The molecule has 1 fully saturated rings. The predicted octanol–water partition coefficient (Wildman–Crippen LogP) is 5.97. The summed E-state index contributed by atoms with van der Waals surface area (Å²) in [5.41, 5.74) is 4.15. The first-order chi connectivity index (χ1) is 18.5. The molecule has 0 bridgehead atoms. The zero-order chi connectivity index (χ0) is 26.1. The van der Waals surface area contributed by atoms with Crippen LogP contribution in [0, 0.1) is 5.82 Å². The van der Waals surface area contributed by atoms with Gasteiger partial charge in [0.2, 0.25) is 0 Å². The molecular formula is C30H27FN4O3. The number of carbonyl (C=O) groups excluding carboxylic acids is 1. The Hall–Kier alpha value is -4.33. The van der Waals surface area contributed by atoms with Crippen LogP contribution in [0.2, 0.25) is 0 Å². The second kappa shape index (κ2) is 10.2. The monoisotopic (exact) mass is 510 g/mol. The third-order valence-corrected chi connectivity index (χ3v) is 7.26. The van der Waals surface area contributed by atoms with E-state index in [1.807, 2.05) is 36.4 Å². The fraction of sp³-hybridized carbons (Fsp3) is 0.267. The first-order valence-corrected chi connectivity index (χ1v) is 13.0. The molecule has 2 N–H and O–H groups in total. The fourth-order valence-corrected chi connectivity index (χ4v) is 5.31. The number of aromatic nitrogens is 2. The number of nitrogens with zero attached hydrogens (tertiary/aromatic N) is 2. The van der Waals surface area contributed by atoms with Crippen LogP contribution in [-0.4, -0.2) is 28.2 Å². The minimum Gasteiger partial charge on any atom is -0.446 e. The second-order valence-electron chi connectivity index (χ2n) is 9.91. The van der Waals surface area contributed by atoms with Gasteiger partial charge in [-0.05, 0) is 66.6 Å². The summed E-state index contributed by atoms with van der Waals surface area (Å²) in [5, 5.41) is 10.9.